The lowest BCUT2D eigenvalue weighted by Gasteiger charge is -2.04. The maximum absolute atomic E-state index is 11.8. The van der Waals surface area contributed by atoms with Crippen molar-refractivity contribution in [2.75, 3.05) is 5.75 Å². The van der Waals surface area contributed by atoms with Crippen LogP contribution in [0.3, 0.4) is 0 Å². The van der Waals surface area contributed by atoms with Gasteiger partial charge in [0.25, 0.3) is 0 Å². The molecule has 0 radical (unpaired) electrons. The zero-order valence-electron chi connectivity index (χ0n) is 11.9. The van der Waals surface area contributed by atoms with E-state index in [1.54, 1.807) is 12.1 Å². The van der Waals surface area contributed by atoms with E-state index in [2.05, 4.69) is 20.5 Å². The highest BCUT2D eigenvalue weighted by molar-refractivity contribution is 7.99. The number of aromatic amines is 1. The van der Waals surface area contributed by atoms with Crippen molar-refractivity contribution in [3.63, 3.8) is 0 Å². The summed E-state index contributed by atoms with van der Waals surface area (Å²) in [4.78, 5) is 16.1. The lowest BCUT2D eigenvalue weighted by atomic mass is 10.2. The molecule has 5 nitrogen and oxygen atoms in total. The number of amides is 1. The number of carbonyl (C=O) groups is 1. The molecule has 2 N–H and O–H groups in total. The lowest BCUT2D eigenvalue weighted by molar-refractivity contribution is -0.118. The van der Waals surface area contributed by atoms with Crippen LogP contribution in [-0.2, 0) is 11.3 Å². The number of rotatable bonds is 6. The Bertz CT molecular complexity index is 597. The number of aromatic nitrogens is 3. The molecule has 0 saturated carbocycles. The Morgan fingerprint density at radius 2 is 2.10 bits per heavy atom. The molecule has 2 aromatic rings. The number of nitrogens with one attached hydrogen (secondary N) is 2. The third kappa shape index (κ3) is 5.06. The van der Waals surface area contributed by atoms with Gasteiger partial charge in [0.1, 0.15) is 5.82 Å². The third-order valence-corrected chi connectivity index (χ3v) is 3.86. The van der Waals surface area contributed by atoms with Gasteiger partial charge in [-0.1, -0.05) is 49.3 Å². The van der Waals surface area contributed by atoms with Crippen molar-refractivity contribution in [2.45, 2.75) is 31.5 Å². The molecule has 1 heterocycles. The molecule has 0 spiro atoms. The topological polar surface area (TPSA) is 70.7 Å². The Balaban J connectivity index is 1.75. The second-order valence-corrected chi connectivity index (χ2v) is 6.23. The molecule has 0 unspecified atom stereocenters. The van der Waals surface area contributed by atoms with Crippen LogP contribution in [0.15, 0.2) is 29.4 Å². The van der Waals surface area contributed by atoms with Crippen LogP contribution in [0.1, 0.15) is 31.2 Å². The van der Waals surface area contributed by atoms with Gasteiger partial charge in [0.05, 0.1) is 5.75 Å². The first kappa shape index (κ1) is 15.9. The minimum atomic E-state index is -0.0501. The van der Waals surface area contributed by atoms with Crippen molar-refractivity contribution in [1.29, 1.82) is 0 Å². The standard InChI is InChI=1S/C14H17ClN4OS/c1-9(2)13-17-14(19-18-13)21-8-12(20)16-7-10-3-5-11(15)6-4-10/h3-6,9H,7-8H2,1-2H3,(H,16,20)(H,17,18,19). The van der Waals surface area contributed by atoms with Crippen LogP contribution in [0.4, 0.5) is 0 Å². The average Bonchev–Trinajstić information content (AvgIpc) is 2.93. The second kappa shape index (κ2) is 7.47. The minimum absolute atomic E-state index is 0.0501. The van der Waals surface area contributed by atoms with Gasteiger partial charge in [0.15, 0.2) is 0 Å². The quantitative estimate of drug-likeness (QED) is 0.801. The predicted octanol–water partition coefficient (Wildman–Crippen LogP) is 2.99. The highest BCUT2D eigenvalue weighted by Crippen LogP contribution is 2.15. The number of hydrogen-bond donors (Lipinski definition) is 2. The molecule has 7 heteroatoms. The summed E-state index contributed by atoms with van der Waals surface area (Å²) in [5.74, 6) is 1.37. The van der Waals surface area contributed by atoms with Crippen LogP contribution in [0.2, 0.25) is 5.02 Å². The summed E-state index contributed by atoms with van der Waals surface area (Å²) < 4.78 is 0. The van der Waals surface area contributed by atoms with E-state index < -0.39 is 0 Å². The molecule has 1 aromatic carbocycles. The van der Waals surface area contributed by atoms with E-state index in [-0.39, 0.29) is 5.91 Å². The molecular weight excluding hydrogens is 308 g/mol. The molecule has 2 rings (SSSR count). The van der Waals surface area contributed by atoms with Crippen LogP contribution in [0.5, 0.6) is 0 Å². The Labute approximate surface area is 132 Å². The molecular formula is C14H17ClN4OS. The first-order valence-electron chi connectivity index (χ1n) is 6.61. The number of benzene rings is 1. The number of carbonyl (C=O) groups excluding carboxylic acids is 1. The van der Waals surface area contributed by atoms with E-state index in [4.69, 9.17) is 11.6 Å². The zero-order valence-corrected chi connectivity index (χ0v) is 13.5. The summed E-state index contributed by atoms with van der Waals surface area (Å²) >= 11 is 7.13. The zero-order chi connectivity index (χ0) is 15.2. The fourth-order valence-electron chi connectivity index (χ4n) is 1.56. The number of hydrogen-bond acceptors (Lipinski definition) is 4. The fraction of sp³-hybridized carbons (Fsp3) is 0.357. The van der Waals surface area contributed by atoms with Crippen LogP contribution in [0.25, 0.3) is 0 Å². The number of halogens is 1. The molecule has 0 aliphatic rings. The van der Waals surface area contributed by atoms with E-state index in [0.29, 0.717) is 28.4 Å². The molecule has 1 amide bonds. The van der Waals surface area contributed by atoms with E-state index in [1.807, 2.05) is 26.0 Å². The normalized spacial score (nSPS) is 10.9. The van der Waals surface area contributed by atoms with Crippen LogP contribution in [-0.4, -0.2) is 26.8 Å². The van der Waals surface area contributed by atoms with Gasteiger partial charge in [-0.05, 0) is 17.7 Å². The summed E-state index contributed by atoms with van der Waals surface area (Å²) in [5, 5.41) is 11.1. The van der Waals surface area contributed by atoms with E-state index in [0.717, 1.165) is 11.4 Å². The molecule has 0 bridgehead atoms. The summed E-state index contributed by atoms with van der Waals surface area (Å²) in [6, 6.07) is 7.39. The van der Waals surface area contributed by atoms with Gasteiger partial charge in [-0.3, -0.25) is 9.89 Å². The number of nitrogens with zero attached hydrogens (tertiary/aromatic N) is 2. The Morgan fingerprint density at radius 1 is 1.38 bits per heavy atom. The van der Waals surface area contributed by atoms with Crippen molar-refractivity contribution in [3.8, 4) is 0 Å². The number of H-pyrrole nitrogens is 1. The Kier molecular flexibility index (Phi) is 5.64. The van der Waals surface area contributed by atoms with Crippen molar-refractivity contribution in [3.05, 3.63) is 40.7 Å². The molecule has 0 saturated heterocycles. The molecule has 112 valence electrons. The van der Waals surface area contributed by atoms with Gasteiger partial charge < -0.3 is 5.32 Å². The maximum atomic E-state index is 11.8. The summed E-state index contributed by atoms with van der Waals surface area (Å²) in [7, 11) is 0. The minimum Gasteiger partial charge on any atom is -0.351 e. The van der Waals surface area contributed by atoms with Gasteiger partial charge in [-0.2, -0.15) is 0 Å². The monoisotopic (exact) mass is 324 g/mol. The van der Waals surface area contributed by atoms with Gasteiger partial charge in [0, 0.05) is 17.5 Å². The van der Waals surface area contributed by atoms with E-state index in [1.165, 1.54) is 11.8 Å². The third-order valence-electron chi connectivity index (χ3n) is 2.76. The van der Waals surface area contributed by atoms with Gasteiger partial charge in [-0.15, -0.1) is 5.10 Å². The first-order chi connectivity index (χ1) is 10.0. The van der Waals surface area contributed by atoms with Crippen molar-refractivity contribution < 1.29 is 4.79 Å². The largest absolute Gasteiger partial charge is 0.351 e. The maximum Gasteiger partial charge on any atom is 0.230 e. The van der Waals surface area contributed by atoms with Crippen LogP contribution < -0.4 is 5.32 Å². The van der Waals surface area contributed by atoms with Crippen molar-refractivity contribution in [2.24, 2.45) is 0 Å². The Hall–Kier alpha value is -1.53. The SMILES string of the molecule is CC(C)c1nc(SCC(=O)NCc2ccc(Cl)cc2)n[nH]1. The highest BCUT2D eigenvalue weighted by Gasteiger charge is 2.09. The number of thioether (sulfide) groups is 1. The first-order valence-corrected chi connectivity index (χ1v) is 7.97. The van der Waals surface area contributed by atoms with Crippen LogP contribution in [0, 0.1) is 0 Å². The highest BCUT2D eigenvalue weighted by atomic mass is 35.5. The van der Waals surface area contributed by atoms with E-state index >= 15 is 0 Å². The molecule has 0 atom stereocenters. The second-order valence-electron chi connectivity index (χ2n) is 4.85. The van der Waals surface area contributed by atoms with Crippen molar-refractivity contribution in [1.82, 2.24) is 20.5 Å². The van der Waals surface area contributed by atoms with Gasteiger partial charge in [0.2, 0.25) is 11.1 Å². The van der Waals surface area contributed by atoms with Gasteiger partial charge in [-0.25, -0.2) is 4.98 Å². The summed E-state index contributed by atoms with van der Waals surface area (Å²) in [6.07, 6.45) is 0. The predicted molar refractivity (Wildman–Crippen MR) is 84.5 cm³/mol. The average molecular weight is 325 g/mol. The summed E-state index contributed by atoms with van der Waals surface area (Å²) in [5.41, 5.74) is 1.01. The molecule has 1 aromatic heterocycles. The molecule has 0 aliphatic heterocycles. The summed E-state index contributed by atoms with van der Waals surface area (Å²) in [6.45, 7) is 4.56. The fourth-order valence-corrected chi connectivity index (χ4v) is 2.33. The molecule has 0 fully saturated rings. The lowest BCUT2D eigenvalue weighted by Crippen LogP contribution is -2.24. The van der Waals surface area contributed by atoms with Crippen molar-refractivity contribution >= 4 is 29.3 Å². The van der Waals surface area contributed by atoms with E-state index in [9.17, 15) is 4.79 Å². The Morgan fingerprint density at radius 3 is 2.71 bits per heavy atom. The molecule has 0 aliphatic carbocycles. The van der Waals surface area contributed by atoms with Crippen LogP contribution >= 0.6 is 23.4 Å². The molecule has 21 heavy (non-hydrogen) atoms. The smallest absolute Gasteiger partial charge is 0.230 e. The van der Waals surface area contributed by atoms with Gasteiger partial charge >= 0.3 is 0 Å².